The fourth-order valence-electron chi connectivity index (χ4n) is 1.28. The minimum atomic E-state index is -4.24. The van der Waals surface area contributed by atoms with Crippen molar-refractivity contribution >= 4 is 15.9 Å². The third-order valence-electron chi connectivity index (χ3n) is 1.94. The van der Waals surface area contributed by atoms with E-state index in [4.69, 9.17) is 4.55 Å². The van der Waals surface area contributed by atoms with Crippen LogP contribution >= 0.6 is 0 Å². The minimum absolute atomic E-state index is 0.217. The van der Waals surface area contributed by atoms with E-state index in [1.54, 1.807) is 0 Å². The van der Waals surface area contributed by atoms with E-state index in [9.17, 15) is 13.2 Å². The van der Waals surface area contributed by atoms with Gasteiger partial charge in [-0.2, -0.15) is 8.42 Å². The smallest absolute Gasteiger partial charge is 0.294 e. The molecule has 0 aliphatic carbocycles. The molecule has 0 unspecified atom stereocenters. The van der Waals surface area contributed by atoms with Crippen LogP contribution in [0.15, 0.2) is 23.1 Å². The third-order valence-corrected chi connectivity index (χ3v) is 2.94. The predicted molar refractivity (Wildman–Crippen MR) is 51.0 cm³/mol. The van der Waals surface area contributed by atoms with E-state index in [1.165, 1.54) is 32.0 Å². The van der Waals surface area contributed by atoms with E-state index in [0.29, 0.717) is 5.56 Å². The van der Waals surface area contributed by atoms with Crippen LogP contribution in [0.4, 0.5) is 0 Å². The number of ketones is 1. The van der Waals surface area contributed by atoms with Crippen LogP contribution in [0.5, 0.6) is 0 Å². The lowest BCUT2D eigenvalue weighted by atomic mass is 10.1. The van der Waals surface area contributed by atoms with Crippen molar-refractivity contribution in [1.82, 2.24) is 0 Å². The van der Waals surface area contributed by atoms with E-state index >= 15 is 0 Å². The number of Topliss-reactive ketones (excluding diaryl/α,β-unsaturated/α-hetero) is 1. The van der Waals surface area contributed by atoms with Gasteiger partial charge in [-0.05, 0) is 25.5 Å². The quantitative estimate of drug-likeness (QED) is 0.597. The van der Waals surface area contributed by atoms with Gasteiger partial charge in [-0.25, -0.2) is 0 Å². The van der Waals surface area contributed by atoms with Gasteiger partial charge in [-0.3, -0.25) is 9.35 Å². The summed E-state index contributed by atoms with van der Waals surface area (Å²) < 4.78 is 30.6. The first kappa shape index (κ1) is 10.9. The van der Waals surface area contributed by atoms with Crippen molar-refractivity contribution in [2.45, 2.75) is 18.7 Å². The van der Waals surface area contributed by atoms with Gasteiger partial charge in [0.15, 0.2) is 5.78 Å². The number of benzene rings is 1. The molecule has 1 rings (SSSR count). The summed E-state index contributed by atoms with van der Waals surface area (Å²) in [4.78, 5) is 10.9. The van der Waals surface area contributed by atoms with E-state index in [2.05, 4.69) is 0 Å². The maximum Gasteiger partial charge on any atom is 0.294 e. The predicted octanol–water partition coefficient (Wildman–Crippen LogP) is 1.44. The van der Waals surface area contributed by atoms with Gasteiger partial charge in [0.25, 0.3) is 10.1 Å². The molecule has 4 nitrogen and oxygen atoms in total. The Morgan fingerprint density at radius 3 is 2.36 bits per heavy atom. The molecule has 0 fully saturated rings. The summed E-state index contributed by atoms with van der Waals surface area (Å²) >= 11 is 0. The van der Waals surface area contributed by atoms with Crippen molar-refractivity contribution in [2.75, 3.05) is 0 Å². The van der Waals surface area contributed by atoms with Crippen LogP contribution in [0.1, 0.15) is 22.8 Å². The topological polar surface area (TPSA) is 71.4 Å². The molecule has 0 heterocycles. The highest BCUT2D eigenvalue weighted by molar-refractivity contribution is 7.85. The summed E-state index contributed by atoms with van der Waals surface area (Å²) in [6.07, 6.45) is 0. The van der Waals surface area contributed by atoms with Crippen molar-refractivity contribution in [3.8, 4) is 0 Å². The Hall–Kier alpha value is -1.20. The van der Waals surface area contributed by atoms with E-state index in [0.717, 1.165) is 0 Å². The molecule has 0 amide bonds. The molecule has 0 aliphatic rings. The van der Waals surface area contributed by atoms with Crippen LogP contribution in [0.2, 0.25) is 0 Å². The Kier molecular flexibility index (Phi) is 2.73. The van der Waals surface area contributed by atoms with Crippen LogP contribution in [0, 0.1) is 6.92 Å². The van der Waals surface area contributed by atoms with Crippen LogP contribution in [-0.4, -0.2) is 18.8 Å². The molecule has 0 radical (unpaired) electrons. The standard InChI is InChI=1S/C9H10O4S/c1-6-8(7(2)10)4-3-5-9(6)14(11,12)13/h3-5H,1-2H3,(H,11,12,13). The Labute approximate surface area is 82.3 Å². The summed E-state index contributed by atoms with van der Waals surface area (Å²) in [6, 6.07) is 4.20. The molecule has 0 spiro atoms. The van der Waals surface area contributed by atoms with Crippen molar-refractivity contribution in [2.24, 2.45) is 0 Å². The number of hydrogen-bond acceptors (Lipinski definition) is 3. The number of carbonyl (C=O) groups is 1. The zero-order valence-electron chi connectivity index (χ0n) is 7.81. The zero-order chi connectivity index (χ0) is 10.9. The van der Waals surface area contributed by atoms with Crippen LogP contribution in [0.3, 0.4) is 0 Å². The third kappa shape index (κ3) is 2.00. The Morgan fingerprint density at radius 2 is 1.93 bits per heavy atom. The summed E-state index contributed by atoms with van der Waals surface area (Å²) in [5.74, 6) is -0.229. The van der Waals surface area contributed by atoms with Gasteiger partial charge in [0.05, 0.1) is 4.90 Å². The van der Waals surface area contributed by atoms with Gasteiger partial charge >= 0.3 is 0 Å². The van der Waals surface area contributed by atoms with E-state index in [1.807, 2.05) is 0 Å². The maximum absolute atomic E-state index is 11.1. The van der Waals surface area contributed by atoms with Gasteiger partial charge in [-0.1, -0.05) is 12.1 Å². The van der Waals surface area contributed by atoms with Gasteiger partial charge in [0.1, 0.15) is 0 Å². The lowest BCUT2D eigenvalue weighted by molar-refractivity contribution is 0.101. The molecule has 1 N–H and O–H groups in total. The molecular weight excluding hydrogens is 204 g/mol. The van der Waals surface area contributed by atoms with Crippen molar-refractivity contribution < 1.29 is 17.8 Å². The average molecular weight is 214 g/mol. The minimum Gasteiger partial charge on any atom is -0.295 e. The zero-order valence-corrected chi connectivity index (χ0v) is 8.63. The van der Waals surface area contributed by atoms with Gasteiger partial charge in [-0.15, -0.1) is 0 Å². The van der Waals surface area contributed by atoms with Crippen LogP contribution in [0.25, 0.3) is 0 Å². The Balaban J connectivity index is 3.51. The number of hydrogen-bond donors (Lipinski definition) is 1. The van der Waals surface area contributed by atoms with Crippen molar-refractivity contribution in [3.63, 3.8) is 0 Å². The summed E-state index contributed by atoms with van der Waals surface area (Å²) in [5, 5.41) is 0. The van der Waals surface area contributed by atoms with E-state index < -0.39 is 10.1 Å². The molecular formula is C9H10O4S. The first-order valence-corrected chi connectivity index (χ1v) is 5.36. The highest BCUT2D eigenvalue weighted by atomic mass is 32.2. The lowest BCUT2D eigenvalue weighted by Crippen LogP contribution is -2.05. The van der Waals surface area contributed by atoms with Crippen molar-refractivity contribution in [3.05, 3.63) is 29.3 Å². The normalized spacial score (nSPS) is 11.4. The van der Waals surface area contributed by atoms with E-state index in [-0.39, 0.29) is 16.2 Å². The molecule has 1 aromatic rings. The first-order chi connectivity index (χ1) is 6.34. The Bertz CT molecular complexity index is 474. The second-order valence-corrected chi connectivity index (χ2v) is 4.35. The van der Waals surface area contributed by atoms with Gasteiger partial charge in [0, 0.05) is 5.56 Å². The highest BCUT2D eigenvalue weighted by Crippen LogP contribution is 2.18. The molecule has 76 valence electrons. The first-order valence-electron chi connectivity index (χ1n) is 3.92. The van der Waals surface area contributed by atoms with Gasteiger partial charge in [0.2, 0.25) is 0 Å². The Morgan fingerprint density at radius 1 is 1.36 bits per heavy atom. The summed E-state index contributed by atoms with van der Waals surface area (Å²) in [7, 11) is -4.24. The molecule has 0 aliphatic heterocycles. The molecule has 5 heteroatoms. The highest BCUT2D eigenvalue weighted by Gasteiger charge is 2.16. The molecule has 1 aromatic carbocycles. The van der Waals surface area contributed by atoms with Crippen molar-refractivity contribution in [1.29, 1.82) is 0 Å². The van der Waals surface area contributed by atoms with Gasteiger partial charge < -0.3 is 0 Å². The number of rotatable bonds is 2. The number of carbonyl (C=O) groups excluding carboxylic acids is 1. The molecule has 0 saturated carbocycles. The monoisotopic (exact) mass is 214 g/mol. The maximum atomic E-state index is 11.1. The lowest BCUT2D eigenvalue weighted by Gasteiger charge is -2.05. The molecule has 14 heavy (non-hydrogen) atoms. The molecule has 0 atom stereocenters. The molecule has 0 aromatic heterocycles. The van der Waals surface area contributed by atoms with Crippen LogP contribution < -0.4 is 0 Å². The van der Waals surface area contributed by atoms with Crippen LogP contribution in [-0.2, 0) is 10.1 Å². The SMILES string of the molecule is CC(=O)c1cccc(S(=O)(=O)O)c1C. The fourth-order valence-corrected chi connectivity index (χ4v) is 2.02. The second kappa shape index (κ2) is 3.51. The molecule has 0 saturated heterocycles. The average Bonchev–Trinajstić information content (AvgIpc) is 2.01. The largest absolute Gasteiger partial charge is 0.295 e. The second-order valence-electron chi connectivity index (χ2n) is 2.96. The molecule has 0 bridgehead atoms. The summed E-state index contributed by atoms with van der Waals surface area (Å²) in [6.45, 7) is 2.83. The summed E-state index contributed by atoms with van der Waals surface area (Å²) in [5.41, 5.74) is 0.586. The fraction of sp³-hybridized carbons (Fsp3) is 0.222.